The number of nitriles is 1. The van der Waals surface area contributed by atoms with Gasteiger partial charge < -0.3 is 24.4 Å². The Bertz CT molecular complexity index is 1730. The van der Waals surface area contributed by atoms with Crippen molar-refractivity contribution >= 4 is 17.5 Å². The number of benzene rings is 1. The van der Waals surface area contributed by atoms with Crippen LogP contribution in [0.5, 0.6) is 0 Å². The Kier molecular flexibility index (Phi) is 9.26. The Morgan fingerprint density at radius 2 is 2.11 bits per heavy atom. The number of aliphatic hydroxyl groups excluding tert-OH is 1. The number of imidazole rings is 1. The number of nitrogens with zero attached hydrogens (tertiary/aromatic N) is 5. The number of fused-ring (bicyclic) bond motifs is 1. The van der Waals surface area contributed by atoms with Gasteiger partial charge in [0.1, 0.15) is 23.0 Å². The number of halogens is 2. The number of ether oxygens (including phenoxy) is 1. The summed E-state index contributed by atoms with van der Waals surface area (Å²) in [6.07, 6.45) is 7.72. The van der Waals surface area contributed by atoms with Gasteiger partial charge in [-0.15, -0.1) is 0 Å². The zero-order valence-corrected chi connectivity index (χ0v) is 27.3. The fourth-order valence-electron chi connectivity index (χ4n) is 7.00. The van der Waals surface area contributed by atoms with E-state index in [0.29, 0.717) is 40.4 Å². The minimum atomic E-state index is -1.66. The van der Waals surface area contributed by atoms with Crippen molar-refractivity contribution in [1.29, 1.82) is 5.26 Å². The maximum atomic E-state index is 17.1. The number of pyridine rings is 1. The number of hydrogen-bond donors (Lipinski definition) is 2. The highest BCUT2D eigenvalue weighted by Crippen LogP contribution is 2.60. The number of aliphatic hydroxyl groups is 2. The van der Waals surface area contributed by atoms with Gasteiger partial charge in [0.2, 0.25) is 0 Å². The Labute approximate surface area is 273 Å². The highest BCUT2D eigenvalue weighted by Gasteiger charge is 2.63. The predicted octanol–water partition coefficient (Wildman–Crippen LogP) is 5.45. The number of aryl methyl sites for hydroxylation is 1. The maximum absolute atomic E-state index is 17.1. The van der Waals surface area contributed by atoms with Gasteiger partial charge in [0, 0.05) is 41.0 Å². The van der Waals surface area contributed by atoms with E-state index in [1.54, 1.807) is 54.2 Å². The number of carbonyl (C=O) groups excluding carboxylic acids is 1. The van der Waals surface area contributed by atoms with Gasteiger partial charge in [0.25, 0.3) is 5.91 Å². The van der Waals surface area contributed by atoms with Gasteiger partial charge in [0.15, 0.2) is 0 Å². The molecule has 1 amide bonds. The van der Waals surface area contributed by atoms with Gasteiger partial charge in [-0.25, -0.2) is 9.37 Å². The molecule has 11 heteroatoms. The first kappa shape index (κ1) is 33.5. The lowest BCUT2D eigenvalue weighted by molar-refractivity contribution is -0.0932. The molecule has 46 heavy (non-hydrogen) atoms. The molecule has 0 spiro atoms. The molecule has 0 radical (unpaired) electrons. The first-order valence-electron chi connectivity index (χ1n) is 15.3. The van der Waals surface area contributed by atoms with Crippen LogP contribution in [0, 0.1) is 28.5 Å². The van der Waals surface area contributed by atoms with Gasteiger partial charge in [-0.05, 0) is 60.6 Å². The van der Waals surface area contributed by atoms with E-state index in [1.807, 2.05) is 19.9 Å². The molecule has 1 aromatic carbocycles. The topological polar surface area (TPSA) is 124 Å². The van der Waals surface area contributed by atoms with Crippen molar-refractivity contribution in [3.05, 3.63) is 106 Å². The standard InChI is InChI=1S/C35H39ClFN5O4/c1-6-34(45,30-17-41(5)21-40-30)25-12-28-31(29(37)13-25)35(20-46-19-22(2)18-43,33(4)10-9-26(36)11-23(33)3)42(32(28)44)16-27-8-7-24(14-38)15-39-27/h7-9,12-13,15,17,21,23,43,45H,2,6,10-11,16,18-20H2,1,3-5H3/t23?,33?,34?,35-/m1/s1. The molecule has 2 aliphatic rings. The summed E-state index contributed by atoms with van der Waals surface area (Å²) in [4.78, 5) is 25.2. The molecular weight excluding hydrogens is 609 g/mol. The summed E-state index contributed by atoms with van der Waals surface area (Å²) in [6, 6.07) is 8.23. The van der Waals surface area contributed by atoms with E-state index in [4.69, 9.17) is 16.3 Å². The predicted molar refractivity (Wildman–Crippen MR) is 171 cm³/mol. The van der Waals surface area contributed by atoms with Crippen LogP contribution in [-0.2, 0) is 29.5 Å². The molecule has 1 aliphatic heterocycles. The fraction of sp³-hybridized carbons (Fsp3) is 0.429. The van der Waals surface area contributed by atoms with Crippen molar-refractivity contribution in [2.75, 3.05) is 19.8 Å². The first-order valence-corrected chi connectivity index (χ1v) is 15.6. The molecule has 3 heterocycles. The molecule has 0 saturated heterocycles. The van der Waals surface area contributed by atoms with E-state index in [0.717, 1.165) is 0 Å². The number of rotatable bonds is 11. The molecule has 0 bridgehead atoms. The molecule has 5 rings (SSSR count). The normalized spacial score (nSPS) is 23.9. The van der Waals surface area contributed by atoms with Crippen LogP contribution in [0.15, 0.2) is 66.2 Å². The summed E-state index contributed by atoms with van der Waals surface area (Å²) in [5.41, 5.74) is -1.66. The van der Waals surface area contributed by atoms with Crippen molar-refractivity contribution in [2.24, 2.45) is 18.4 Å². The van der Waals surface area contributed by atoms with E-state index in [1.165, 1.54) is 12.3 Å². The van der Waals surface area contributed by atoms with Gasteiger partial charge in [0.05, 0.1) is 49.6 Å². The highest BCUT2D eigenvalue weighted by molar-refractivity contribution is 6.29. The van der Waals surface area contributed by atoms with Crippen LogP contribution in [-0.4, -0.2) is 55.4 Å². The summed E-state index contributed by atoms with van der Waals surface area (Å²) in [6.45, 7) is 9.28. The van der Waals surface area contributed by atoms with Crippen LogP contribution >= 0.6 is 11.6 Å². The summed E-state index contributed by atoms with van der Waals surface area (Å²) in [5.74, 6) is -1.22. The smallest absolute Gasteiger partial charge is 0.255 e. The quantitative estimate of drug-likeness (QED) is 0.265. The minimum Gasteiger partial charge on any atom is -0.392 e. The summed E-state index contributed by atoms with van der Waals surface area (Å²) in [7, 11) is 1.78. The van der Waals surface area contributed by atoms with Crippen LogP contribution in [0.25, 0.3) is 0 Å². The number of hydrogen-bond acceptors (Lipinski definition) is 7. The first-order chi connectivity index (χ1) is 21.8. The molecule has 1 aliphatic carbocycles. The summed E-state index contributed by atoms with van der Waals surface area (Å²) in [5, 5.41) is 31.6. The van der Waals surface area contributed by atoms with Gasteiger partial charge in [-0.3, -0.25) is 9.78 Å². The third-order valence-electron chi connectivity index (χ3n) is 9.95. The largest absolute Gasteiger partial charge is 0.392 e. The van der Waals surface area contributed by atoms with Gasteiger partial charge in [-0.2, -0.15) is 5.26 Å². The second-order valence-electron chi connectivity index (χ2n) is 12.7. The lowest BCUT2D eigenvalue weighted by atomic mass is 9.57. The third-order valence-corrected chi connectivity index (χ3v) is 10.3. The second-order valence-corrected chi connectivity index (χ2v) is 13.2. The molecular formula is C35H39ClFN5O4. The SMILES string of the molecule is C=C(CO)COC[C@]1(C2(C)CC=C(Cl)CC2C)c2c(F)cc(C(O)(CC)c3cn(C)cn3)cc2C(=O)N1Cc1ccc(C#N)cn1. The molecule has 2 N–H and O–H groups in total. The summed E-state index contributed by atoms with van der Waals surface area (Å²) >= 11 is 6.52. The molecule has 3 aromatic rings. The van der Waals surface area contributed by atoms with Crippen LogP contribution < -0.4 is 0 Å². The maximum Gasteiger partial charge on any atom is 0.255 e. The van der Waals surface area contributed by atoms with Crippen molar-refractivity contribution in [2.45, 2.75) is 57.7 Å². The molecule has 4 atom stereocenters. The monoisotopic (exact) mass is 647 g/mol. The molecule has 9 nitrogen and oxygen atoms in total. The Hall–Kier alpha value is -3.88. The van der Waals surface area contributed by atoms with Gasteiger partial charge >= 0.3 is 0 Å². The Balaban J connectivity index is 1.76. The molecule has 0 saturated carbocycles. The van der Waals surface area contributed by atoms with E-state index in [9.17, 15) is 20.3 Å². The highest BCUT2D eigenvalue weighted by atomic mass is 35.5. The molecule has 3 unspecified atom stereocenters. The minimum absolute atomic E-state index is 0.000746. The van der Waals surface area contributed by atoms with Crippen LogP contribution in [0.1, 0.15) is 78.5 Å². The van der Waals surface area contributed by atoms with E-state index in [-0.39, 0.29) is 55.4 Å². The number of aromatic nitrogens is 3. The van der Waals surface area contributed by atoms with Crippen molar-refractivity contribution in [3.63, 3.8) is 0 Å². The lowest BCUT2D eigenvalue weighted by Gasteiger charge is -2.55. The van der Waals surface area contributed by atoms with Gasteiger partial charge in [-0.1, -0.05) is 45.0 Å². The third kappa shape index (κ3) is 5.45. The average Bonchev–Trinajstić information content (AvgIpc) is 3.59. The average molecular weight is 648 g/mol. The lowest BCUT2D eigenvalue weighted by Crippen LogP contribution is -2.60. The van der Waals surface area contributed by atoms with Crippen molar-refractivity contribution in [1.82, 2.24) is 19.4 Å². The Morgan fingerprint density at radius 3 is 2.70 bits per heavy atom. The molecule has 0 fully saturated rings. The number of allylic oxidation sites excluding steroid dienone is 2. The fourth-order valence-corrected chi connectivity index (χ4v) is 7.31. The van der Waals surface area contributed by atoms with E-state index in [2.05, 4.69) is 22.6 Å². The summed E-state index contributed by atoms with van der Waals surface area (Å²) < 4.78 is 25.0. The second kappa shape index (κ2) is 12.7. The van der Waals surface area contributed by atoms with E-state index < -0.39 is 28.3 Å². The zero-order chi connectivity index (χ0) is 33.4. The Morgan fingerprint density at radius 1 is 1.35 bits per heavy atom. The van der Waals surface area contributed by atoms with Crippen molar-refractivity contribution in [3.8, 4) is 6.07 Å². The number of carbonyl (C=O) groups is 1. The van der Waals surface area contributed by atoms with Crippen molar-refractivity contribution < 1.29 is 24.1 Å². The van der Waals surface area contributed by atoms with Crippen LogP contribution in [0.4, 0.5) is 4.39 Å². The molecule has 242 valence electrons. The van der Waals surface area contributed by atoms with Crippen LogP contribution in [0.3, 0.4) is 0 Å². The zero-order valence-electron chi connectivity index (χ0n) is 26.6. The van der Waals surface area contributed by atoms with E-state index >= 15 is 4.39 Å². The number of amides is 1. The van der Waals surface area contributed by atoms with Crippen LogP contribution in [0.2, 0.25) is 0 Å². The molecule has 2 aromatic heterocycles.